The van der Waals surface area contributed by atoms with Gasteiger partial charge in [0.05, 0.1) is 0 Å². The number of hydrogen-bond acceptors (Lipinski definition) is 0. The fraction of sp³-hybridized carbons (Fsp3) is 0. The van der Waals surface area contributed by atoms with E-state index in [2.05, 4.69) is 0 Å². The van der Waals surface area contributed by atoms with Gasteiger partial charge in [0.25, 0.3) is 0 Å². The quantitative estimate of drug-likeness (QED) is 0.181. The molecule has 0 amide bonds. The molecule has 104 valence electrons. The van der Waals surface area contributed by atoms with Gasteiger partial charge in [-0.25, -0.2) is 0 Å². The fourth-order valence-corrected chi connectivity index (χ4v) is 0. The molecule has 0 bridgehead atoms. The van der Waals surface area contributed by atoms with Crippen molar-refractivity contribution in [2.45, 2.75) is 0 Å². The normalized spacial score (nSPS) is 0. The predicted octanol–water partition coefficient (Wildman–Crippen LogP) is -42.7. The van der Waals surface area contributed by atoms with E-state index in [9.17, 15) is 0 Å². The monoisotopic (exact) mass is 648 g/mol. The standard InChI is InChI=1S/Al.Ba.13FH.La.Li.Zr/h;;13*1H;;;/q+3;+2;;;;;;;;;;;;;;+3;+1;+4/p-13. The van der Waals surface area contributed by atoms with Crippen molar-refractivity contribution in [2.75, 3.05) is 0 Å². The van der Waals surface area contributed by atoms with E-state index in [1.807, 2.05) is 0 Å². The van der Waals surface area contributed by atoms with E-state index in [1.54, 1.807) is 0 Å². The third kappa shape index (κ3) is 473. The summed E-state index contributed by atoms with van der Waals surface area (Å²) in [5.41, 5.74) is 0. The molecule has 0 aromatic carbocycles. The molecule has 0 saturated carbocycles. The third-order valence-electron chi connectivity index (χ3n) is 0. The predicted molar refractivity (Wildman–Crippen MR) is 11.5 cm³/mol. The third-order valence-corrected chi connectivity index (χ3v) is 0. The van der Waals surface area contributed by atoms with Crippen molar-refractivity contribution in [1.29, 1.82) is 0 Å². The van der Waals surface area contributed by atoms with Crippen molar-refractivity contribution in [3.8, 4) is 0 Å². The van der Waals surface area contributed by atoms with E-state index in [-0.39, 0.29) is 208 Å². The molecule has 0 saturated heterocycles. The fourth-order valence-electron chi connectivity index (χ4n) is 0. The van der Waals surface area contributed by atoms with Crippen LogP contribution in [0.25, 0.3) is 0 Å². The van der Waals surface area contributed by atoms with Crippen LogP contribution in [0.15, 0.2) is 0 Å². The summed E-state index contributed by atoms with van der Waals surface area (Å²) in [6, 6.07) is 0. The largest absolute Gasteiger partial charge is 4.00 e. The van der Waals surface area contributed by atoms with Crippen molar-refractivity contribution in [1.82, 2.24) is 0 Å². The molecule has 0 fully saturated rings. The smallest absolute Gasteiger partial charge is 1.00 e. The van der Waals surface area contributed by atoms with Crippen LogP contribution in [0.3, 0.4) is 0 Å². The maximum atomic E-state index is 0. The summed E-state index contributed by atoms with van der Waals surface area (Å²) < 4.78 is 0. The molecular formula is AlBaF13LaLiZr. The van der Waals surface area contributed by atoms with Gasteiger partial charge in [-0.2, -0.15) is 0 Å². The Balaban J connectivity index is 0. The van der Waals surface area contributed by atoms with Gasteiger partial charge >= 0.3 is 147 Å². The first kappa shape index (κ1) is 636. The van der Waals surface area contributed by atoms with Crippen LogP contribution in [0.2, 0.25) is 0 Å². The molecule has 0 spiro atoms. The van der Waals surface area contributed by atoms with Crippen LogP contribution in [0, 0.1) is 35.6 Å². The summed E-state index contributed by atoms with van der Waals surface area (Å²) in [5, 5.41) is 0. The summed E-state index contributed by atoms with van der Waals surface area (Å²) in [5.74, 6) is 0. The van der Waals surface area contributed by atoms with Gasteiger partial charge in [-0.3, -0.25) is 0 Å². The maximum absolute atomic E-state index is 0. The van der Waals surface area contributed by atoms with Gasteiger partial charge < -0.3 is 61.2 Å². The minimum atomic E-state index is 0. The molecule has 18 heavy (non-hydrogen) atoms. The zero-order chi connectivity index (χ0) is 0. The molecule has 18 heteroatoms. The summed E-state index contributed by atoms with van der Waals surface area (Å²) in [4.78, 5) is 0. The first-order valence-electron chi connectivity index (χ1n) is 0. The van der Waals surface area contributed by atoms with Crippen molar-refractivity contribution in [3.63, 3.8) is 0 Å². The van der Waals surface area contributed by atoms with E-state index in [1.165, 1.54) is 0 Å². The van der Waals surface area contributed by atoms with Gasteiger partial charge in [0.2, 0.25) is 0 Å². The van der Waals surface area contributed by atoms with Crippen molar-refractivity contribution >= 4 is 66.2 Å². The Morgan fingerprint density at radius 2 is 0.333 bits per heavy atom. The molecule has 0 aromatic rings. The molecule has 0 N–H and O–H groups in total. The molecule has 0 unspecified atom stereocenters. The second-order valence-corrected chi connectivity index (χ2v) is 0. The van der Waals surface area contributed by atoms with E-state index < -0.39 is 0 Å². The second kappa shape index (κ2) is 550. The molecule has 0 radical (unpaired) electrons. The van der Waals surface area contributed by atoms with Gasteiger partial charge in [-0.1, -0.05) is 0 Å². The first-order valence-corrected chi connectivity index (χ1v) is 0. The van der Waals surface area contributed by atoms with Gasteiger partial charge in [0.1, 0.15) is 0 Å². The topological polar surface area (TPSA) is 0 Å². The van der Waals surface area contributed by atoms with E-state index >= 15 is 0 Å². The van der Waals surface area contributed by atoms with Gasteiger partial charge in [-0.05, 0) is 0 Å². The molecule has 0 atom stereocenters. The Hall–Kier alpha value is 3.87. The summed E-state index contributed by atoms with van der Waals surface area (Å²) in [6.07, 6.45) is 0. The average Bonchev–Trinajstić information content (AvgIpc) is 0. The minimum Gasteiger partial charge on any atom is -1.00 e. The number of rotatable bonds is 0. The molecular weight excluding hydrogens is 648 g/mol. The van der Waals surface area contributed by atoms with Crippen LogP contribution >= 0.6 is 0 Å². The SMILES string of the molecule is [Al+3].[Ba+2].[F-].[F-].[F-].[F-].[F-].[F-].[F-].[F-].[F-].[F-].[F-].[F-].[F-].[La+3].[Li+].[Zr+4]. The molecule has 0 nitrogen and oxygen atoms in total. The van der Waals surface area contributed by atoms with Crippen molar-refractivity contribution in [2.24, 2.45) is 0 Å². The maximum Gasteiger partial charge on any atom is 4.00 e. The van der Waals surface area contributed by atoms with Crippen LogP contribution in [0.1, 0.15) is 0 Å². The van der Waals surface area contributed by atoms with Gasteiger partial charge in [0.15, 0.2) is 0 Å². The van der Waals surface area contributed by atoms with E-state index in [0.29, 0.717) is 0 Å². The first-order chi connectivity index (χ1) is 0. The Labute approximate surface area is 204 Å². The number of hydrogen-bond donors (Lipinski definition) is 0. The Kier molecular flexibility index (Phi) is 19500. The van der Waals surface area contributed by atoms with Crippen molar-refractivity contribution in [3.05, 3.63) is 0 Å². The Morgan fingerprint density at radius 1 is 0.333 bits per heavy atom. The van der Waals surface area contributed by atoms with Crippen LogP contribution < -0.4 is 80.0 Å². The Bertz CT molecular complexity index is 27.0. The molecule has 0 aliphatic heterocycles. The van der Waals surface area contributed by atoms with Crippen LogP contribution in [-0.2, 0) is 26.2 Å². The molecule has 0 aliphatic rings. The molecule has 0 rings (SSSR count). The van der Waals surface area contributed by atoms with Gasteiger partial charge in [0, 0.05) is 0 Å². The number of halogens is 13. The van der Waals surface area contributed by atoms with E-state index in [0.717, 1.165) is 0 Å². The summed E-state index contributed by atoms with van der Waals surface area (Å²) in [7, 11) is 0. The second-order valence-electron chi connectivity index (χ2n) is 0. The van der Waals surface area contributed by atoms with Crippen LogP contribution in [0.5, 0.6) is 0 Å². The van der Waals surface area contributed by atoms with Crippen molar-refractivity contribution < 1.29 is 142 Å². The summed E-state index contributed by atoms with van der Waals surface area (Å²) >= 11 is 0. The van der Waals surface area contributed by atoms with Gasteiger partial charge in [-0.15, -0.1) is 0 Å². The van der Waals surface area contributed by atoms with E-state index in [4.69, 9.17) is 0 Å². The van der Waals surface area contributed by atoms with Crippen LogP contribution in [0.4, 0.5) is 0 Å². The Morgan fingerprint density at radius 3 is 0.333 bits per heavy atom. The zero-order valence-electron chi connectivity index (χ0n) is 8.28. The summed E-state index contributed by atoms with van der Waals surface area (Å²) in [6.45, 7) is 0. The molecule has 0 aromatic heterocycles. The minimum absolute atomic E-state index is 0. The molecule has 0 heterocycles. The zero-order valence-corrected chi connectivity index (χ0v) is 20.0. The molecule has 0 aliphatic carbocycles. The average molecular weight is 648 g/mol. The van der Waals surface area contributed by atoms with Crippen LogP contribution in [-0.4, -0.2) is 66.2 Å².